The van der Waals surface area contributed by atoms with Crippen molar-refractivity contribution in [1.82, 2.24) is 15.1 Å². The van der Waals surface area contributed by atoms with E-state index in [1.54, 1.807) is 30.3 Å². The molecule has 0 unspecified atom stereocenters. The minimum Gasteiger partial charge on any atom is -0.328 e. The van der Waals surface area contributed by atoms with Crippen LogP contribution in [0.3, 0.4) is 0 Å². The quantitative estimate of drug-likeness (QED) is 0.940. The van der Waals surface area contributed by atoms with Gasteiger partial charge in [-0.1, -0.05) is 23.7 Å². The van der Waals surface area contributed by atoms with E-state index in [4.69, 9.17) is 11.6 Å². The van der Waals surface area contributed by atoms with Gasteiger partial charge in [0.2, 0.25) is 0 Å². The molecule has 1 aromatic heterocycles. The first kappa shape index (κ1) is 15.2. The molecule has 1 heterocycles. The lowest BCUT2D eigenvalue weighted by molar-refractivity contribution is 0.0955. The second-order valence-corrected chi connectivity index (χ2v) is 4.70. The first-order chi connectivity index (χ1) is 9.97. The summed E-state index contributed by atoms with van der Waals surface area (Å²) in [7, 11) is 1.48. The molecular weight excluding hydrogens is 300 g/mol. The second kappa shape index (κ2) is 6.49. The van der Waals surface area contributed by atoms with Crippen molar-refractivity contribution < 1.29 is 13.6 Å². The predicted molar refractivity (Wildman–Crippen MR) is 76.1 cm³/mol. The Hall–Kier alpha value is -2.21. The van der Waals surface area contributed by atoms with Gasteiger partial charge in [0.05, 0.1) is 5.56 Å². The average Bonchev–Trinajstić information content (AvgIpc) is 2.83. The van der Waals surface area contributed by atoms with Crippen molar-refractivity contribution in [3.05, 3.63) is 58.5 Å². The van der Waals surface area contributed by atoms with Crippen LogP contribution in [-0.4, -0.2) is 15.7 Å². The van der Waals surface area contributed by atoms with Crippen LogP contribution >= 0.6 is 11.6 Å². The number of halogens is 3. The van der Waals surface area contributed by atoms with E-state index in [9.17, 15) is 13.6 Å². The Balaban J connectivity index is 2.06. The van der Waals surface area contributed by atoms with Crippen molar-refractivity contribution in [2.45, 2.75) is 6.43 Å². The fraction of sp³-hybridized carbons (Fsp3) is 0.143. The van der Waals surface area contributed by atoms with E-state index in [2.05, 4.69) is 10.4 Å². The van der Waals surface area contributed by atoms with Gasteiger partial charge in [-0.2, -0.15) is 5.10 Å². The number of hydrogen-bond donors (Lipinski definition) is 1. The highest BCUT2D eigenvalue weighted by Crippen LogP contribution is 2.20. The average molecular weight is 312 g/mol. The van der Waals surface area contributed by atoms with Crippen LogP contribution in [0.5, 0.6) is 0 Å². The van der Waals surface area contributed by atoms with E-state index in [1.807, 2.05) is 0 Å². The molecule has 1 aromatic carbocycles. The van der Waals surface area contributed by atoms with E-state index < -0.39 is 18.0 Å². The number of aryl methyl sites for hydroxylation is 1. The summed E-state index contributed by atoms with van der Waals surface area (Å²) in [4.78, 5) is 11.9. The van der Waals surface area contributed by atoms with E-state index in [1.165, 1.54) is 24.1 Å². The Morgan fingerprint density at radius 2 is 2.05 bits per heavy atom. The largest absolute Gasteiger partial charge is 0.328 e. The summed E-state index contributed by atoms with van der Waals surface area (Å²) in [6.45, 7) is 0. The number of amides is 1. The van der Waals surface area contributed by atoms with Crippen molar-refractivity contribution in [3.8, 4) is 0 Å². The van der Waals surface area contributed by atoms with Gasteiger partial charge < -0.3 is 5.32 Å². The lowest BCUT2D eigenvalue weighted by atomic mass is 10.2. The monoisotopic (exact) mass is 311 g/mol. The minimum absolute atomic E-state index is 0.145. The normalized spacial score (nSPS) is 11.3. The second-order valence-electron chi connectivity index (χ2n) is 4.26. The van der Waals surface area contributed by atoms with Gasteiger partial charge in [0.1, 0.15) is 5.69 Å². The SMILES string of the molecule is Cn1cc(C(=O)NC=Cc2ccc(Cl)cc2)c(C(F)F)n1. The molecule has 0 atom stereocenters. The lowest BCUT2D eigenvalue weighted by Crippen LogP contribution is -2.18. The Kier molecular flexibility index (Phi) is 4.70. The first-order valence-electron chi connectivity index (χ1n) is 6.02. The van der Waals surface area contributed by atoms with Crippen molar-refractivity contribution in [2.24, 2.45) is 7.05 Å². The molecule has 0 fully saturated rings. The molecule has 4 nitrogen and oxygen atoms in total. The number of benzene rings is 1. The Morgan fingerprint density at radius 3 is 2.67 bits per heavy atom. The molecule has 1 amide bonds. The van der Waals surface area contributed by atoms with Crippen molar-refractivity contribution in [1.29, 1.82) is 0 Å². The van der Waals surface area contributed by atoms with E-state index >= 15 is 0 Å². The van der Waals surface area contributed by atoms with E-state index in [-0.39, 0.29) is 5.56 Å². The number of rotatable bonds is 4. The van der Waals surface area contributed by atoms with Gasteiger partial charge in [0.25, 0.3) is 12.3 Å². The molecule has 0 aliphatic heterocycles. The zero-order valence-corrected chi connectivity index (χ0v) is 11.8. The molecule has 0 spiro atoms. The van der Waals surface area contributed by atoms with Gasteiger partial charge in [-0.25, -0.2) is 8.78 Å². The molecule has 110 valence electrons. The van der Waals surface area contributed by atoms with Crippen LogP contribution in [0.15, 0.2) is 36.7 Å². The Bertz CT molecular complexity index is 665. The van der Waals surface area contributed by atoms with Crippen LogP contribution in [0.25, 0.3) is 6.08 Å². The van der Waals surface area contributed by atoms with Crippen LogP contribution < -0.4 is 5.32 Å². The molecule has 21 heavy (non-hydrogen) atoms. The van der Waals surface area contributed by atoms with E-state index in [0.29, 0.717) is 5.02 Å². The highest BCUT2D eigenvalue weighted by molar-refractivity contribution is 6.30. The van der Waals surface area contributed by atoms with Gasteiger partial charge in [0, 0.05) is 24.5 Å². The third kappa shape index (κ3) is 3.88. The number of carbonyl (C=O) groups excluding carboxylic acids is 1. The fourth-order valence-corrected chi connectivity index (χ4v) is 1.83. The van der Waals surface area contributed by atoms with Crippen molar-refractivity contribution in [3.63, 3.8) is 0 Å². The lowest BCUT2D eigenvalue weighted by Gasteiger charge is -2.00. The highest BCUT2D eigenvalue weighted by Gasteiger charge is 2.21. The summed E-state index contributed by atoms with van der Waals surface area (Å²) in [6, 6.07) is 6.94. The first-order valence-corrected chi connectivity index (χ1v) is 6.40. The summed E-state index contributed by atoms with van der Waals surface area (Å²) < 4.78 is 26.7. The maximum Gasteiger partial charge on any atom is 0.282 e. The van der Waals surface area contributed by atoms with Gasteiger partial charge in [-0.15, -0.1) is 0 Å². The zero-order valence-electron chi connectivity index (χ0n) is 11.1. The van der Waals surface area contributed by atoms with Gasteiger partial charge in [-0.3, -0.25) is 9.48 Å². The zero-order chi connectivity index (χ0) is 15.4. The molecule has 1 N–H and O–H groups in total. The molecule has 7 heteroatoms. The van der Waals surface area contributed by atoms with Gasteiger partial charge in [-0.05, 0) is 23.8 Å². The number of nitrogens with zero attached hydrogens (tertiary/aromatic N) is 2. The number of alkyl halides is 2. The molecule has 0 aliphatic carbocycles. The van der Waals surface area contributed by atoms with E-state index in [0.717, 1.165) is 5.56 Å². The molecular formula is C14H12ClF2N3O. The molecule has 0 radical (unpaired) electrons. The number of aromatic nitrogens is 2. The van der Waals surface area contributed by atoms with Gasteiger partial charge in [0.15, 0.2) is 0 Å². The summed E-state index contributed by atoms with van der Waals surface area (Å²) in [5, 5.41) is 6.61. The maximum atomic E-state index is 12.7. The Labute approximate surface area is 125 Å². The minimum atomic E-state index is -2.80. The standard InChI is InChI=1S/C14H12ClF2N3O/c1-20-8-11(12(19-20)13(16)17)14(21)18-7-6-9-2-4-10(15)5-3-9/h2-8,13H,1H3,(H,18,21). The maximum absolute atomic E-state index is 12.7. The molecule has 2 aromatic rings. The van der Waals surface area contributed by atoms with Crippen molar-refractivity contribution >= 4 is 23.6 Å². The Morgan fingerprint density at radius 1 is 1.38 bits per heavy atom. The van der Waals surface area contributed by atoms with Crippen LogP contribution in [0.4, 0.5) is 8.78 Å². The smallest absolute Gasteiger partial charge is 0.282 e. The third-order valence-corrected chi connectivity index (χ3v) is 2.92. The molecule has 0 saturated heterocycles. The summed E-state index contributed by atoms with van der Waals surface area (Å²) in [5.74, 6) is -0.636. The fourth-order valence-electron chi connectivity index (χ4n) is 1.71. The predicted octanol–water partition coefficient (Wildman–Crippen LogP) is 3.41. The third-order valence-electron chi connectivity index (χ3n) is 2.67. The number of hydrogen-bond acceptors (Lipinski definition) is 2. The number of carbonyl (C=O) groups is 1. The summed E-state index contributed by atoms with van der Waals surface area (Å²) in [6.07, 6.45) is 1.47. The van der Waals surface area contributed by atoms with Crippen LogP contribution in [0.1, 0.15) is 28.0 Å². The summed E-state index contributed by atoms with van der Waals surface area (Å²) in [5.41, 5.74) is 0.142. The molecule has 0 bridgehead atoms. The van der Waals surface area contributed by atoms with Crippen molar-refractivity contribution in [2.75, 3.05) is 0 Å². The molecule has 0 aliphatic rings. The van der Waals surface area contributed by atoms with Crippen LogP contribution in [0.2, 0.25) is 5.02 Å². The molecule has 0 saturated carbocycles. The topological polar surface area (TPSA) is 46.9 Å². The molecule has 2 rings (SSSR count). The van der Waals surface area contributed by atoms with Crippen LogP contribution in [0, 0.1) is 0 Å². The van der Waals surface area contributed by atoms with Crippen LogP contribution in [-0.2, 0) is 7.05 Å². The van der Waals surface area contributed by atoms with Gasteiger partial charge >= 0.3 is 0 Å². The summed E-state index contributed by atoms with van der Waals surface area (Å²) >= 11 is 5.75. The number of nitrogens with one attached hydrogen (secondary N) is 1. The highest BCUT2D eigenvalue weighted by atomic mass is 35.5.